The molecule has 0 atom stereocenters. The third-order valence-corrected chi connectivity index (χ3v) is 7.17. The van der Waals surface area contributed by atoms with Gasteiger partial charge in [0.05, 0.1) is 11.0 Å². The number of furan rings is 1. The van der Waals surface area contributed by atoms with Gasteiger partial charge in [-0.3, -0.25) is 0 Å². The summed E-state index contributed by atoms with van der Waals surface area (Å²) < 4.78 is 8.66. The molecule has 1 N–H and O–H groups in total. The smallest absolute Gasteiger partial charge is 0.136 e. The minimum Gasteiger partial charge on any atom is -0.456 e. The molecule has 0 unspecified atom stereocenters. The average Bonchev–Trinajstić information content (AvgIpc) is 3.52. The maximum atomic E-state index is 6.20. The number of rotatable bonds is 1. The number of benzene rings is 4. The molecule has 7 aromatic rings. The van der Waals surface area contributed by atoms with Crippen LogP contribution in [0.5, 0.6) is 0 Å². The number of aromatic nitrogens is 2. The van der Waals surface area contributed by atoms with E-state index in [1.165, 1.54) is 49.0 Å². The lowest BCUT2D eigenvalue weighted by atomic mass is 10.0. The second-order valence-electron chi connectivity index (χ2n) is 8.98. The molecule has 0 amide bonds. The van der Waals surface area contributed by atoms with Gasteiger partial charge in [0.2, 0.25) is 0 Å². The molecule has 3 nitrogen and oxygen atoms in total. The second kappa shape index (κ2) is 6.17. The van der Waals surface area contributed by atoms with Gasteiger partial charge >= 0.3 is 0 Å². The topological polar surface area (TPSA) is 33.9 Å². The van der Waals surface area contributed by atoms with Crippen LogP contribution in [0.4, 0.5) is 0 Å². The Morgan fingerprint density at radius 3 is 2.48 bits per heavy atom. The van der Waals surface area contributed by atoms with Gasteiger partial charge in [-0.05, 0) is 55.3 Å². The van der Waals surface area contributed by atoms with Crippen LogP contribution in [-0.4, -0.2) is 9.55 Å². The summed E-state index contributed by atoms with van der Waals surface area (Å²) in [7, 11) is 0. The van der Waals surface area contributed by atoms with Gasteiger partial charge in [0.15, 0.2) is 0 Å². The number of hydrogen-bond donors (Lipinski definition) is 1. The van der Waals surface area contributed by atoms with Gasteiger partial charge in [0.1, 0.15) is 11.2 Å². The summed E-state index contributed by atoms with van der Waals surface area (Å²) in [5.41, 5.74) is 8.06. The molecule has 1 aliphatic rings. The lowest BCUT2D eigenvalue weighted by Gasteiger charge is -2.13. The number of hydrogen-bond acceptors (Lipinski definition) is 1. The Balaban J connectivity index is 1.59. The van der Waals surface area contributed by atoms with Gasteiger partial charge in [0.25, 0.3) is 0 Å². The maximum absolute atomic E-state index is 6.20. The molecule has 3 heteroatoms. The van der Waals surface area contributed by atoms with Crippen LogP contribution >= 0.6 is 0 Å². The van der Waals surface area contributed by atoms with E-state index in [4.69, 9.17) is 4.42 Å². The summed E-state index contributed by atoms with van der Waals surface area (Å²) in [6.45, 7) is 0. The predicted molar refractivity (Wildman–Crippen MR) is 139 cm³/mol. The zero-order chi connectivity index (χ0) is 21.5. The van der Waals surface area contributed by atoms with Gasteiger partial charge in [-0.25, -0.2) is 0 Å². The van der Waals surface area contributed by atoms with Crippen molar-refractivity contribution in [3.63, 3.8) is 0 Å². The molecule has 0 aliphatic heterocycles. The molecule has 0 saturated carbocycles. The summed E-state index contributed by atoms with van der Waals surface area (Å²) in [6, 6.07) is 26.0. The zero-order valence-corrected chi connectivity index (χ0v) is 17.9. The van der Waals surface area contributed by atoms with E-state index < -0.39 is 0 Å². The van der Waals surface area contributed by atoms with E-state index in [0.29, 0.717) is 0 Å². The molecule has 0 bridgehead atoms. The highest BCUT2D eigenvalue weighted by atomic mass is 16.3. The van der Waals surface area contributed by atoms with Crippen molar-refractivity contribution >= 4 is 71.2 Å². The summed E-state index contributed by atoms with van der Waals surface area (Å²) in [6.07, 6.45) is 8.82. The van der Waals surface area contributed by atoms with Gasteiger partial charge < -0.3 is 14.0 Å². The Kier molecular flexibility index (Phi) is 3.24. The predicted octanol–water partition coefficient (Wildman–Crippen LogP) is 8.52. The van der Waals surface area contributed by atoms with E-state index in [2.05, 4.69) is 94.5 Å². The van der Waals surface area contributed by atoms with E-state index in [9.17, 15) is 0 Å². The van der Waals surface area contributed by atoms with Crippen LogP contribution in [0.15, 0.2) is 95.4 Å². The molecule has 156 valence electrons. The molecule has 0 fully saturated rings. The Labute approximate surface area is 189 Å². The maximum Gasteiger partial charge on any atom is 0.136 e. The molecule has 0 saturated heterocycles. The SMILES string of the molecule is C1=CCCC(n2c3ccccc3c3cc4[nH]c5ccc6oc7ccccc7c6c5c4cc32)=C1. The third kappa shape index (κ3) is 2.24. The van der Waals surface area contributed by atoms with E-state index in [0.717, 1.165) is 35.0 Å². The number of aromatic amines is 1. The third-order valence-electron chi connectivity index (χ3n) is 7.17. The highest BCUT2D eigenvalue weighted by molar-refractivity contribution is 6.28. The fourth-order valence-corrected chi connectivity index (χ4v) is 5.76. The van der Waals surface area contributed by atoms with Crippen molar-refractivity contribution in [2.45, 2.75) is 12.8 Å². The Morgan fingerprint density at radius 2 is 1.58 bits per heavy atom. The summed E-state index contributed by atoms with van der Waals surface area (Å²) in [5, 5.41) is 7.42. The van der Waals surface area contributed by atoms with Crippen molar-refractivity contribution in [1.29, 1.82) is 0 Å². The Hall–Kier alpha value is -4.24. The lowest BCUT2D eigenvalue weighted by Crippen LogP contribution is -1.98. The number of para-hydroxylation sites is 2. The first-order chi connectivity index (χ1) is 16.4. The van der Waals surface area contributed by atoms with E-state index in [1.54, 1.807) is 0 Å². The van der Waals surface area contributed by atoms with Crippen molar-refractivity contribution in [3.8, 4) is 0 Å². The van der Waals surface area contributed by atoms with Crippen LogP contribution in [0.1, 0.15) is 12.8 Å². The zero-order valence-electron chi connectivity index (χ0n) is 17.9. The van der Waals surface area contributed by atoms with Crippen LogP contribution < -0.4 is 0 Å². The first-order valence-corrected chi connectivity index (χ1v) is 11.5. The van der Waals surface area contributed by atoms with Crippen molar-refractivity contribution in [1.82, 2.24) is 9.55 Å². The van der Waals surface area contributed by atoms with Gasteiger partial charge in [0, 0.05) is 49.0 Å². The van der Waals surface area contributed by atoms with Gasteiger partial charge in [-0.15, -0.1) is 0 Å². The van der Waals surface area contributed by atoms with Gasteiger partial charge in [-0.1, -0.05) is 48.6 Å². The van der Waals surface area contributed by atoms with Crippen LogP contribution in [-0.2, 0) is 0 Å². The summed E-state index contributed by atoms with van der Waals surface area (Å²) in [4.78, 5) is 3.69. The molecule has 0 radical (unpaired) electrons. The quantitative estimate of drug-likeness (QED) is 0.281. The number of fused-ring (bicyclic) bond motifs is 10. The lowest BCUT2D eigenvalue weighted by molar-refractivity contribution is 0.669. The average molecular weight is 425 g/mol. The molecule has 4 aromatic carbocycles. The van der Waals surface area contributed by atoms with Crippen molar-refractivity contribution in [2.24, 2.45) is 0 Å². The first kappa shape index (κ1) is 17.3. The first-order valence-electron chi connectivity index (χ1n) is 11.5. The van der Waals surface area contributed by atoms with Gasteiger partial charge in [-0.2, -0.15) is 0 Å². The number of H-pyrrole nitrogens is 1. The van der Waals surface area contributed by atoms with E-state index in [1.807, 2.05) is 6.07 Å². The Morgan fingerprint density at radius 1 is 0.697 bits per heavy atom. The molecule has 0 spiro atoms. The fraction of sp³-hybridized carbons (Fsp3) is 0.0667. The number of nitrogens with zero attached hydrogens (tertiary/aromatic N) is 1. The van der Waals surface area contributed by atoms with Crippen molar-refractivity contribution in [2.75, 3.05) is 0 Å². The molecule has 3 aromatic heterocycles. The molecule has 3 heterocycles. The highest BCUT2D eigenvalue weighted by Crippen LogP contribution is 2.42. The monoisotopic (exact) mass is 424 g/mol. The Bertz CT molecular complexity index is 1970. The van der Waals surface area contributed by atoms with Crippen LogP contribution in [0.3, 0.4) is 0 Å². The van der Waals surface area contributed by atoms with E-state index >= 15 is 0 Å². The molecule has 1 aliphatic carbocycles. The standard InChI is InChI=1S/C30H20N2O/c1-2-8-18(9-3-1)32-25-12-6-4-10-19(25)21-16-24-22(17-26(21)32)29-23(31-24)14-15-28-30(29)20-11-5-7-13-27(20)33-28/h1-2,4-8,10-17,31H,3,9H2. The largest absolute Gasteiger partial charge is 0.456 e. The minimum absolute atomic E-state index is 0.934. The van der Waals surface area contributed by atoms with Crippen LogP contribution in [0.25, 0.3) is 71.2 Å². The van der Waals surface area contributed by atoms with Crippen LogP contribution in [0.2, 0.25) is 0 Å². The summed E-state index contributed by atoms with van der Waals surface area (Å²) >= 11 is 0. The number of nitrogens with one attached hydrogen (secondary N) is 1. The molecular formula is C30H20N2O. The van der Waals surface area contributed by atoms with Crippen molar-refractivity contribution in [3.05, 3.63) is 91.0 Å². The fourth-order valence-electron chi connectivity index (χ4n) is 5.76. The number of allylic oxidation sites excluding steroid dienone is 4. The molecule has 33 heavy (non-hydrogen) atoms. The van der Waals surface area contributed by atoms with Crippen molar-refractivity contribution < 1.29 is 4.42 Å². The molecular weight excluding hydrogens is 404 g/mol. The molecule has 8 rings (SSSR count). The normalized spacial score (nSPS) is 14.5. The van der Waals surface area contributed by atoms with E-state index in [-0.39, 0.29) is 0 Å². The van der Waals surface area contributed by atoms with Crippen LogP contribution in [0, 0.1) is 0 Å². The summed E-state index contributed by atoms with van der Waals surface area (Å²) in [5.74, 6) is 0. The highest BCUT2D eigenvalue weighted by Gasteiger charge is 2.19. The second-order valence-corrected chi connectivity index (χ2v) is 8.98. The minimum atomic E-state index is 0.934.